The number of H-pyrrole nitrogens is 1. The van der Waals surface area contributed by atoms with Crippen LogP contribution in [0.2, 0.25) is 0 Å². The predicted octanol–water partition coefficient (Wildman–Crippen LogP) is 4.82. The van der Waals surface area contributed by atoms with E-state index in [9.17, 15) is 14.7 Å². The fraction of sp³-hybridized carbons (Fsp3) is 0.130. The third-order valence-corrected chi connectivity index (χ3v) is 5.99. The van der Waals surface area contributed by atoms with Crippen LogP contribution in [0, 0.1) is 0 Å². The maximum absolute atomic E-state index is 13.4. The van der Waals surface area contributed by atoms with E-state index in [0.717, 1.165) is 28.0 Å². The van der Waals surface area contributed by atoms with Crippen molar-refractivity contribution in [3.8, 4) is 5.75 Å². The molecule has 1 amide bonds. The maximum Gasteiger partial charge on any atom is 0.274 e. The van der Waals surface area contributed by atoms with Crippen molar-refractivity contribution in [3.05, 3.63) is 71.4 Å². The molecule has 1 atom stereocenters. The van der Waals surface area contributed by atoms with E-state index < -0.39 is 0 Å². The zero-order chi connectivity index (χ0) is 20.1. The number of phenols is 1. The third kappa shape index (κ3) is 2.62. The molecule has 5 rings (SSSR count). The molecule has 1 aliphatic rings. The SMILES string of the molecule is O=Cc1cccc2cc(C(=O)N3CC(CCl)c4c3cc(O)c3ccccc43)[nH]c12. The third-order valence-electron chi connectivity index (χ3n) is 5.62. The van der Waals surface area contributed by atoms with Crippen LogP contribution in [0.3, 0.4) is 0 Å². The standard InChI is InChI=1S/C23H17ClN2O3/c24-10-15-11-26(19-9-20(28)16-6-1-2-7-17(16)21(15)19)23(29)18-8-13-4-3-5-14(12-27)22(13)25-18/h1-9,12,15,25,28H,10-11H2. The summed E-state index contributed by atoms with van der Waals surface area (Å²) in [6, 6.07) is 16.3. The number of hydrogen-bond donors (Lipinski definition) is 2. The Hall–Kier alpha value is -3.31. The number of alkyl halides is 1. The van der Waals surface area contributed by atoms with E-state index in [2.05, 4.69) is 4.98 Å². The summed E-state index contributed by atoms with van der Waals surface area (Å²) in [6.07, 6.45) is 0.770. The number of aromatic nitrogens is 1. The van der Waals surface area contributed by atoms with Gasteiger partial charge in [-0.1, -0.05) is 36.4 Å². The van der Waals surface area contributed by atoms with Crippen LogP contribution in [0.4, 0.5) is 5.69 Å². The molecule has 5 nitrogen and oxygen atoms in total. The maximum atomic E-state index is 13.4. The van der Waals surface area contributed by atoms with Crippen LogP contribution >= 0.6 is 11.6 Å². The molecule has 29 heavy (non-hydrogen) atoms. The highest BCUT2D eigenvalue weighted by molar-refractivity contribution is 6.19. The van der Waals surface area contributed by atoms with Crippen molar-refractivity contribution in [2.24, 2.45) is 0 Å². The first-order valence-corrected chi connectivity index (χ1v) is 9.85. The Bertz CT molecular complexity index is 1290. The first-order valence-electron chi connectivity index (χ1n) is 9.31. The number of aromatic amines is 1. The molecule has 1 aromatic heterocycles. The Morgan fingerprint density at radius 2 is 1.97 bits per heavy atom. The first kappa shape index (κ1) is 17.8. The van der Waals surface area contributed by atoms with Gasteiger partial charge in [0.1, 0.15) is 11.4 Å². The van der Waals surface area contributed by atoms with Gasteiger partial charge in [-0.25, -0.2) is 0 Å². The lowest BCUT2D eigenvalue weighted by Crippen LogP contribution is -2.30. The van der Waals surface area contributed by atoms with Crippen molar-refractivity contribution in [2.45, 2.75) is 5.92 Å². The molecule has 3 aromatic carbocycles. The molecule has 0 saturated carbocycles. The van der Waals surface area contributed by atoms with Crippen molar-refractivity contribution >= 4 is 51.2 Å². The van der Waals surface area contributed by atoms with Gasteiger partial charge in [-0.3, -0.25) is 9.59 Å². The Kier molecular flexibility index (Phi) is 4.07. The molecular weight excluding hydrogens is 388 g/mol. The number of nitrogens with zero attached hydrogens (tertiary/aromatic N) is 1. The monoisotopic (exact) mass is 404 g/mol. The summed E-state index contributed by atoms with van der Waals surface area (Å²) >= 11 is 6.25. The molecule has 1 unspecified atom stereocenters. The number of anilines is 1. The summed E-state index contributed by atoms with van der Waals surface area (Å²) in [5, 5.41) is 13.0. The Morgan fingerprint density at radius 1 is 1.17 bits per heavy atom. The highest BCUT2D eigenvalue weighted by Crippen LogP contribution is 2.45. The van der Waals surface area contributed by atoms with Gasteiger partial charge in [-0.2, -0.15) is 0 Å². The van der Waals surface area contributed by atoms with Gasteiger partial charge in [0.05, 0.1) is 11.2 Å². The molecule has 6 heteroatoms. The van der Waals surface area contributed by atoms with E-state index >= 15 is 0 Å². The lowest BCUT2D eigenvalue weighted by Gasteiger charge is -2.17. The molecule has 0 saturated heterocycles. The Morgan fingerprint density at radius 3 is 2.72 bits per heavy atom. The largest absolute Gasteiger partial charge is 0.507 e. The lowest BCUT2D eigenvalue weighted by atomic mass is 9.95. The minimum absolute atomic E-state index is 0.0315. The highest BCUT2D eigenvalue weighted by Gasteiger charge is 2.35. The van der Waals surface area contributed by atoms with Gasteiger partial charge in [-0.15, -0.1) is 11.6 Å². The number of halogens is 1. The number of carbonyl (C=O) groups is 2. The number of rotatable bonds is 3. The molecule has 0 bridgehead atoms. The van der Waals surface area contributed by atoms with E-state index in [1.54, 1.807) is 29.2 Å². The van der Waals surface area contributed by atoms with E-state index in [1.165, 1.54) is 0 Å². The van der Waals surface area contributed by atoms with Crippen molar-refractivity contribution in [1.29, 1.82) is 0 Å². The molecule has 0 aliphatic carbocycles. The lowest BCUT2D eigenvalue weighted by molar-refractivity contribution is 0.0984. The average Bonchev–Trinajstić information content (AvgIpc) is 3.35. The highest BCUT2D eigenvalue weighted by atomic mass is 35.5. The van der Waals surface area contributed by atoms with Gasteiger partial charge in [0, 0.05) is 40.7 Å². The zero-order valence-corrected chi connectivity index (χ0v) is 16.1. The topological polar surface area (TPSA) is 73.4 Å². The number of carbonyl (C=O) groups excluding carboxylic acids is 2. The molecular formula is C23H17ClN2O3. The summed E-state index contributed by atoms with van der Waals surface area (Å²) < 4.78 is 0. The number of amides is 1. The van der Waals surface area contributed by atoms with E-state index in [-0.39, 0.29) is 17.6 Å². The normalized spacial score (nSPS) is 15.8. The summed E-state index contributed by atoms with van der Waals surface area (Å²) in [4.78, 5) is 29.4. The van der Waals surface area contributed by atoms with Gasteiger partial charge < -0.3 is 15.0 Å². The number of aldehydes is 1. The molecule has 144 valence electrons. The number of fused-ring (bicyclic) bond motifs is 4. The molecule has 0 spiro atoms. The van der Waals surface area contributed by atoms with E-state index in [4.69, 9.17) is 11.6 Å². The van der Waals surface area contributed by atoms with Crippen molar-refractivity contribution in [2.75, 3.05) is 17.3 Å². The second-order valence-electron chi connectivity index (χ2n) is 7.25. The fourth-order valence-corrected chi connectivity index (χ4v) is 4.54. The summed E-state index contributed by atoms with van der Waals surface area (Å²) in [7, 11) is 0. The van der Waals surface area contributed by atoms with Crippen molar-refractivity contribution in [1.82, 2.24) is 4.98 Å². The van der Waals surface area contributed by atoms with Crippen LogP contribution < -0.4 is 4.90 Å². The summed E-state index contributed by atoms with van der Waals surface area (Å²) in [5.41, 5.74) is 3.19. The van der Waals surface area contributed by atoms with Crippen molar-refractivity contribution in [3.63, 3.8) is 0 Å². The van der Waals surface area contributed by atoms with Gasteiger partial charge in [-0.05, 0) is 23.1 Å². The quantitative estimate of drug-likeness (QED) is 0.379. The number of nitrogens with one attached hydrogen (secondary N) is 1. The minimum Gasteiger partial charge on any atom is -0.507 e. The second-order valence-corrected chi connectivity index (χ2v) is 7.56. The van der Waals surface area contributed by atoms with Crippen molar-refractivity contribution < 1.29 is 14.7 Å². The molecule has 4 aromatic rings. The molecule has 0 radical (unpaired) electrons. The van der Waals surface area contributed by atoms with E-state index in [1.807, 2.05) is 30.3 Å². The smallest absolute Gasteiger partial charge is 0.274 e. The Balaban J connectivity index is 1.65. The van der Waals surface area contributed by atoms with E-state index in [0.29, 0.717) is 34.9 Å². The van der Waals surface area contributed by atoms with Crippen LogP contribution in [0.5, 0.6) is 5.75 Å². The van der Waals surface area contributed by atoms with Gasteiger partial charge in [0.2, 0.25) is 0 Å². The van der Waals surface area contributed by atoms with Gasteiger partial charge >= 0.3 is 0 Å². The van der Waals surface area contributed by atoms with Crippen LogP contribution in [-0.2, 0) is 0 Å². The van der Waals surface area contributed by atoms with Crippen LogP contribution in [-0.4, -0.2) is 34.7 Å². The second kappa shape index (κ2) is 6.64. The van der Waals surface area contributed by atoms with Crippen LogP contribution in [0.25, 0.3) is 21.7 Å². The molecule has 2 N–H and O–H groups in total. The molecule has 0 fully saturated rings. The molecule has 1 aliphatic heterocycles. The number of phenolic OH excluding ortho intramolecular Hbond substituents is 1. The number of hydrogen-bond acceptors (Lipinski definition) is 3. The number of para-hydroxylation sites is 1. The number of aromatic hydroxyl groups is 1. The van der Waals surface area contributed by atoms with Gasteiger partial charge in [0.25, 0.3) is 5.91 Å². The van der Waals surface area contributed by atoms with Gasteiger partial charge in [0.15, 0.2) is 6.29 Å². The summed E-state index contributed by atoms with van der Waals surface area (Å²) in [5.74, 6) is 0.248. The zero-order valence-electron chi connectivity index (χ0n) is 15.4. The molecule has 2 heterocycles. The fourth-order valence-electron chi connectivity index (χ4n) is 4.28. The number of benzene rings is 3. The Labute approximate surface area is 171 Å². The predicted molar refractivity (Wildman–Crippen MR) is 114 cm³/mol. The summed E-state index contributed by atoms with van der Waals surface area (Å²) in [6.45, 7) is 0.432. The van der Waals surface area contributed by atoms with Crippen LogP contribution in [0.1, 0.15) is 32.3 Å². The van der Waals surface area contributed by atoms with Crippen LogP contribution in [0.15, 0.2) is 54.6 Å². The minimum atomic E-state index is -0.221. The average molecular weight is 405 g/mol. The first-order chi connectivity index (χ1) is 14.1.